The summed E-state index contributed by atoms with van der Waals surface area (Å²) in [5.74, 6) is -0.775. The normalized spacial score (nSPS) is 16.2. The summed E-state index contributed by atoms with van der Waals surface area (Å²) in [7, 11) is -2.68. The highest BCUT2D eigenvalue weighted by Crippen LogP contribution is 2.19. The molecule has 0 spiro atoms. The first-order chi connectivity index (χ1) is 14.0. The van der Waals surface area contributed by atoms with Gasteiger partial charge in [-0.2, -0.15) is 4.31 Å². The maximum atomic E-state index is 12.7. The van der Waals surface area contributed by atoms with Crippen molar-refractivity contribution in [2.24, 2.45) is 5.92 Å². The number of amides is 2. The largest absolute Gasteiger partial charge is 0.452 e. The Labute approximate surface area is 177 Å². The minimum Gasteiger partial charge on any atom is -0.452 e. The third-order valence-electron chi connectivity index (χ3n) is 4.99. The van der Waals surface area contributed by atoms with Gasteiger partial charge in [0.15, 0.2) is 6.10 Å². The van der Waals surface area contributed by atoms with Crippen LogP contribution in [0.4, 0.5) is 5.69 Å². The zero-order valence-corrected chi connectivity index (χ0v) is 18.6. The number of sulfonamides is 1. The molecule has 10 heteroatoms. The molecule has 1 unspecified atom stereocenters. The predicted octanol–water partition coefficient (Wildman–Crippen LogP) is 1.46. The summed E-state index contributed by atoms with van der Waals surface area (Å²) in [6.45, 7) is 5.71. The van der Waals surface area contributed by atoms with Gasteiger partial charge in [0, 0.05) is 32.7 Å². The molecule has 1 aliphatic rings. The van der Waals surface area contributed by atoms with Gasteiger partial charge in [0.1, 0.15) is 6.54 Å². The maximum Gasteiger partial charge on any atom is 0.322 e. The van der Waals surface area contributed by atoms with E-state index in [0.717, 1.165) is 17.1 Å². The Morgan fingerprint density at radius 2 is 1.77 bits per heavy atom. The van der Waals surface area contributed by atoms with E-state index in [9.17, 15) is 22.8 Å². The van der Waals surface area contributed by atoms with Crippen LogP contribution >= 0.6 is 0 Å². The van der Waals surface area contributed by atoms with E-state index in [-0.39, 0.29) is 16.7 Å². The number of benzene rings is 1. The molecule has 30 heavy (non-hydrogen) atoms. The summed E-state index contributed by atoms with van der Waals surface area (Å²) in [4.78, 5) is 37.4. The molecule has 166 valence electrons. The molecule has 1 aromatic carbocycles. The van der Waals surface area contributed by atoms with Gasteiger partial charge in [0.25, 0.3) is 5.91 Å². The Morgan fingerprint density at radius 3 is 2.30 bits per heavy atom. The monoisotopic (exact) mass is 439 g/mol. The average molecular weight is 440 g/mol. The number of carbonyl (C=O) groups excluding carboxylic acids is 3. The molecule has 1 atom stereocenters. The van der Waals surface area contributed by atoms with E-state index in [1.807, 2.05) is 0 Å². The lowest BCUT2D eigenvalue weighted by Crippen LogP contribution is -2.45. The molecule has 9 nitrogen and oxygen atoms in total. The van der Waals surface area contributed by atoms with E-state index in [4.69, 9.17) is 4.74 Å². The van der Waals surface area contributed by atoms with Gasteiger partial charge in [-0.1, -0.05) is 6.92 Å². The van der Waals surface area contributed by atoms with E-state index < -0.39 is 28.6 Å². The predicted molar refractivity (Wildman–Crippen MR) is 111 cm³/mol. The summed E-state index contributed by atoms with van der Waals surface area (Å²) < 4.78 is 31.3. The molecule has 2 rings (SSSR count). The molecule has 0 aromatic heterocycles. The number of hydrogen-bond donors (Lipinski definition) is 1. The number of likely N-dealkylation sites (N-methyl/N-ethyl adjacent to an activating group) is 1. The van der Waals surface area contributed by atoms with Crippen molar-refractivity contribution in [3.8, 4) is 0 Å². The van der Waals surface area contributed by atoms with Crippen molar-refractivity contribution in [2.45, 2.75) is 44.6 Å². The fraction of sp³-hybridized carbons (Fsp3) is 0.550. The van der Waals surface area contributed by atoms with E-state index in [2.05, 4.69) is 12.2 Å². The van der Waals surface area contributed by atoms with Crippen molar-refractivity contribution in [1.82, 2.24) is 9.21 Å². The van der Waals surface area contributed by atoms with Crippen molar-refractivity contribution in [3.63, 3.8) is 0 Å². The topological polar surface area (TPSA) is 113 Å². The highest BCUT2D eigenvalue weighted by Gasteiger charge is 2.29. The first kappa shape index (κ1) is 23.8. The third-order valence-corrected chi connectivity index (χ3v) is 6.80. The average Bonchev–Trinajstić information content (AvgIpc) is 2.67. The van der Waals surface area contributed by atoms with E-state index in [1.165, 1.54) is 45.2 Å². The number of nitrogens with one attached hydrogen (secondary N) is 1. The molecular weight excluding hydrogens is 410 g/mol. The minimum absolute atomic E-state index is 0.0292. The molecule has 0 saturated carbocycles. The highest BCUT2D eigenvalue weighted by molar-refractivity contribution is 7.89. The maximum absolute atomic E-state index is 12.7. The van der Waals surface area contributed by atoms with Crippen LogP contribution < -0.4 is 5.32 Å². The van der Waals surface area contributed by atoms with Crippen molar-refractivity contribution in [2.75, 3.05) is 32.0 Å². The summed E-state index contributed by atoms with van der Waals surface area (Å²) >= 11 is 0. The first-order valence-electron chi connectivity index (χ1n) is 9.83. The highest BCUT2D eigenvalue weighted by atomic mass is 32.2. The Bertz CT molecular complexity index is 876. The quantitative estimate of drug-likeness (QED) is 0.644. The smallest absolute Gasteiger partial charge is 0.322 e. The van der Waals surface area contributed by atoms with Crippen molar-refractivity contribution in [1.29, 1.82) is 0 Å². The second-order valence-electron chi connectivity index (χ2n) is 7.61. The van der Waals surface area contributed by atoms with Gasteiger partial charge in [-0.15, -0.1) is 0 Å². The number of nitrogens with zero attached hydrogens (tertiary/aromatic N) is 2. The number of esters is 1. The summed E-state index contributed by atoms with van der Waals surface area (Å²) in [5.41, 5.74) is 0.461. The summed E-state index contributed by atoms with van der Waals surface area (Å²) in [6.07, 6.45) is 0.848. The van der Waals surface area contributed by atoms with Gasteiger partial charge in [0.2, 0.25) is 15.9 Å². The number of rotatable bonds is 7. The van der Waals surface area contributed by atoms with Crippen LogP contribution in [0.2, 0.25) is 0 Å². The number of piperidine rings is 1. The van der Waals surface area contributed by atoms with Crippen LogP contribution in [0.1, 0.15) is 33.6 Å². The number of ether oxygens (including phenoxy) is 1. The van der Waals surface area contributed by atoms with Crippen LogP contribution in [-0.2, 0) is 29.1 Å². The second kappa shape index (κ2) is 10.0. The van der Waals surface area contributed by atoms with Gasteiger partial charge in [-0.25, -0.2) is 8.42 Å². The summed E-state index contributed by atoms with van der Waals surface area (Å²) in [5, 5.41) is 2.55. The van der Waals surface area contributed by atoms with Gasteiger partial charge < -0.3 is 15.0 Å². The molecular formula is C20H29N3O6S. The Balaban J connectivity index is 1.93. The molecule has 1 aromatic rings. The van der Waals surface area contributed by atoms with Crippen LogP contribution in [0.25, 0.3) is 0 Å². The van der Waals surface area contributed by atoms with Crippen LogP contribution in [0.15, 0.2) is 29.2 Å². The van der Waals surface area contributed by atoms with Crippen molar-refractivity contribution >= 4 is 33.5 Å². The zero-order chi connectivity index (χ0) is 22.5. The Morgan fingerprint density at radius 1 is 1.20 bits per heavy atom. The molecule has 0 bridgehead atoms. The number of carbonyl (C=O) groups is 3. The van der Waals surface area contributed by atoms with Crippen molar-refractivity contribution < 1.29 is 27.5 Å². The van der Waals surface area contributed by atoms with Crippen molar-refractivity contribution in [3.05, 3.63) is 24.3 Å². The fourth-order valence-electron chi connectivity index (χ4n) is 3.13. The van der Waals surface area contributed by atoms with E-state index in [0.29, 0.717) is 24.7 Å². The van der Waals surface area contributed by atoms with Crippen LogP contribution in [0.5, 0.6) is 0 Å². The van der Waals surface area contributed by atoms with Gasteiger partial charge >= 0.3 is 5.97 Å². The van der Waals surface area contributed by atoms with E-state index >= 15 is 0 Å². The molecule has 1 heterocycles. The first-order valence-corrected chi connectivity index (χ1v) is 11.3. The molecule has 1 fully saturated rings. The molecule has 2 amide bonds. The Hall–Kier alpha value is -2.46. The lowest BCUT2D eigenvalue weighted by molar-refractivity contribution is -0.159. The molecule has 1 N–H and O–H groups in total. The lowest BCUT2D eigenvalue weighted by atomic mass is 9.99. The number of hydrogen-bond acceptors (Lipinski definition) is 6. The SMILES string of the molecule is CC(=O)Nc1ccc(S(=O)(=O)N(C)CC(=O)OC(C)C(=O)N2CCC(C)CC2)cc1. The van der Waals surface area contributed by atoms with Crippen LogP contribution in [0, 0.1) is 5.92 Å². The molecule has 1 saturated heterocycles. The van der Waals surface area contributed by atoms with Gasteiger partial charge in [0.05, 0.1) is 4.90 Å². The second-order valence-corrected chi connectivity index (χ2v) is 9.65. The zero-order valence-electron chi connectivity index (χ0n) is 17.8. The molecule has 1 aliphatic heterocycles. The minimum atomic E-state index is -3.94. The molecule has 0 radical (unpaired) electrons. The third kappa shape index (κ3) is 6.27. The Kier molecular flexibility index (Phi) is 7.96. The van der Waals surface area contributed by atoms with Crippen LogP contribution in [0.3, 0.4) is 0 Å². The van der Waals surface area contributed by atoms with Gasteiger partial charge in [-0.3, -0.25) is 14.4 Å². The molecule has 0 aliphatic carbocycles. The lowest BCUT2D eigenvalue weighted by Gasteiger charge is -2.32. The summed E-state index contributed by atoms with van der Waals surface area (Å²) in [6, 6.07) is 5.60. The number of likely N-dealkylation sites (tertiary alicyclic amines) is 1. The fourth-order valence-corrected chi connectivity index (χ4v) is 4.25. The van der Waals surface area contributed by atoms with Crippen LogP contribution in [-0.4, -0.2) is 68.2 Å². The van der Waals surface area contributed by atoms with Gasteiger partial charge in [-0.05, 0) is 49.9 Å². The standard InChI is InChI=1S/C20H29N3O6S/c1-14-9-11-23(12-10-14)20(26)15(2)29-19(25)13-22(4)30(27,28)18-7-5-17(6-8-18)21-16(3)24/h5-8,14-15H,9-13H2,1-4H3,(H,21,24). The van der Waals surface area contributed by atoms with E-state index in [1.54, 1.807) is 4.90 Å². The number of anilines is 1.